The molecule has 92 valence electrons. The van der Waals surface area contributed by atoms with Crippen molar-refractivity contribution in [1.29, 1.82) is 0 Å². The standard InChI is InChI=1S/C11H16N4OS/c1-6-7(9(12-5)17-15-6)8-13-10(14-16-8)11(2,3)4/h12H,1-5H3. The van der Waals surface area contributed by atoms with Gasteiger partial charge in [0, 0.05) is 12.5 Å². The molecule has 2 aromatic rings. The molecule has 0 radical (unpaired) electrons. The Hall–Kier alpha value is -1.43. The second-order valence-corrected chi connectivity index (χ2v) is 5.67. The lowest BCUT2D eigenvalue weighted by Crippen LogP contribution is -2.13. The molecular weight excluding hydrogens is 236 g/mol. The fraction of sp³-hybridized carbons (Fsp3) is 0.545. The Kier molecular flexibility index (Phi) is 2.91. The second kappa shape index (κ2) is 4.10. The van der Waals surface area contributed by atoms with Gasteiger partial charge in [-0.05, 0) is 18.5 Å². The summed E-state index contributed by atoms with van der Waals surface area (Å²) in [6.45, 7) is 8.10. The largest absolute Gasteiger partial charge is 0.378 e. The molecule has 0 atom stereocenters. The van der Waals surface area contributed by atoms with Crippen molar-refractivity contribution in [1.82, 2.24) is 14.5 Å². The molecule has 0 aliphatic carbocycles. The van der Waals surface area contributed by atoms with Crippen molar-refractivity contribution in [2.45, 2.75) is 33.1 Å². The average Bonchev–Trinajstić information content (AvgIpc) is 2.82. The fourth-order valence-corrected chi connectivity index (χ4v) is 2.16. The highest BCUT2D eigenvalue weighted by Crippen LogP contribution is 2.34. The molecule has 0 saturated carbocycles. The summed E-state index contributed by atoms with van der Waals surface area (Å²) in [5.41, 5.74) is 1.70. The summed E-state index contributed by atoms with van der Waals surface area (Å²) in [5, 5.41) is 8.06. The van der Waals surface area contributed by atoms with E-state index in [1.807, 2.05) is 14.0 Å². The molecule has 0 aliphatic heterocycles. The Morgan fingerprint density at radius 1 is 1.29 bits per heavy atom. The van der Waals surface area contributed by atoms with Crippen LogP contribution in [0.4, 0.5) is 5.00 Å². The van der Waals surface area contributed by atoms with Crippen LogP contribution in [0.2, 0.25) is 0 Å². The Balaban J connectivity index is 2.47. The zero-order chi connectivity index (χ0) is 12.6. The van der Waals surface area contributed by atoms with Gasteiger partial charge in [-0.15, -0.1) is 0 Å². The lowest BCUT2D eigenvalue weighted by atomic mass is 9.96. The van der Waals surface area contributed by atoms with Crippen LogP contribution in [0.3, 0.4) is 0 Å². The van der Waals surface area contributed by atoms with Crippen LogP contribution in [0, 0.1) is 6.92 Å². The van der Waals surface area contributed by atoms with Crippen LogP contribution in [0.15, 0.2) is 4.52 Å². The third-order valence-electron chi connectivity index (χ3n) is 2.40. The van der Waals surface area contributed by atoms with E-state index in [9.17, 15) is 0 Å². The minimum Gasteiger partial charge on any atom is -0.378 e. The van der Waals surface area contributed by atoms with Gasteiger partial charge in [0.1, 0.15) is 5.00 Å². The molecule has 1 N–H and O–H groups in total. The molecule has 6 heteroatoms. The van der Waals surface area contributed by atoms with Gasteiger partial charge in [-0.25, -0.2) is 0 Å². The molecule has 0 unspecified atom stereocenters. The van der Waals surface area contributed by atoms with Crippen molar-refractivity contribution >= 4 is 16.5 Å². The third-order valence-corrected chi connectivity index (χ3v) is 3.36. The molecule has 0 amide bonds. The normalized spacial score (nSPS) is 11.8. The number of anilines is 1. The predicted octanol–water partition coefficient (Wildman–Crippen LogP) is 2.84. The van der Waals surface area contributed by atoms with Crippen molar-refractivity contribution in [3.63, 3.8) is 0 Å². The highest BCUT2D eigenvalue weighted by Gasteiger charge is 2.24. The minimum atomic E-state index is -0.112. The number of hydrogen-bond acceptors (Lipinski definition) is 6. The maximum absolute atomic E-state index is 5.32. The molecule has 5 nitrogen and oxygen atoms in total. The van der Waals surface area contributed by atoms with E-state index in [0.717, 1.165) is 16.3 Å². The first kappa shape index (κ1) is 12.0. The van der Waals surface area contributed by atoms with Gasteiger partial charge < -0.3 is 9.84 Å². The van der Waals surface area contributed by atoms with Crippen LogP contribution in [0.1, 0.15) is 32.3 Å². The Bertz CT molecular complexity index is 524. The molecule has 0 spiro atoms. The maximum atomic E-state index is 5.32. The zero-order valence-corrected chi connectivity index (χ0v) is 11.5. The molecule has 2 aromatic heterocycles. The van der Waals surface area contributed by atoms with E-state index in [1.54, 1.807) is 0 Å². The Morgan fingerprint density at radius 2 is 2.00 bits per heavy atom. The summed E-state index contributed by atoms with van der Waals surface area (Å²) < 4.78 is 9.61. The molecule has 0 fully saturated rings. The van der Waals surface area contributed by atoms with Crippen LogP contribution in [-0.4, -0.2) is 21.6 Å². The summed E-state index contributed by atoms with van der Waals surface area (Å²) in [7, 11) is 1.86. The number of aryl methyl sites for hydroxylation is 1. The third kappa shape index (κ3) is 2.17. The Labute approximate surface area is 104 Å². The molecular formula is C11H16N4OS. The number of aromatic nitrogens is 3. The van der Waals surface area contributed by atoms with Gasteiger partial charge in [-0.1, -0.05) is 25.9 Å². The van der Waals surface area contributed by atoms with Gasteiger partial charge in [0.2, 0.25) is 0 Å². The minimum absolute atomic E-state index is 0.112. The van der Waals surface area contributed by atoms with Crippen molar-refractivity contribution < 1.29 is 4.52 Å². The predicted molar refractivity (Wildman–Crippen MR) is 68.4 cm³/mol. The smallest absolute Gasteiger partial charge is 0.262 e. The van der Waals surface area contributed by atoms with E-state index < -0.39 is 0 Å². The lowest BCUT2D eigenvalue weighted by molar-refractivity contribution is 0.402. The van der Waals surface area contributed by atoms with Crippen molar-refractivity contribution in [2.75, 3.05) is 12.4 Å². The first-order valence-corrected chi connectivity index (χ1v) is 6.19. The van der Waals surface area contributed by atoms with E-state index in [2.05, 4.69) is 40.6 Å². The number of nitrogens with one attached hydrogen (secondary N) is 1. The molecule has 0 saturated heterocycles. The van der Waals surface area contributed by atoms with Crippen LogP contribution in [0.25, 0.3) is 11.5 Å². The highest BCUT2D eigenvalue weighted by atomic mass is 32.1. The summed E-state index contributed by atoms with van der Waals surface area (Å²) >= 11 is 1.40. The summed E-state index contributed by atoms with van der Waals surface area (Å²) in [6, 6.07) is 0. The molecule has 0 aromatic carbocycles. The van der Waals surface area contributed by atoms with Crippen LogP contribution in [0.5, 0.6) is 0 Å². The van der Waals surface area contributed by atoms with E-state index >= 15 is 0 Å². The van der Waals surface area contributed by atoms with Gasteiger partial charge in [-0.2, -0.15) is 9.36 Å². The summed E-state index contributed by atoms with van der Waals surface area (Å²) in [6.07, 6.45) is 0. The van der Waals surface area contributed by atoms with E-state index in [0.29, 0.717) is 11.7 Å². The topological polar surface area (TPSA) is 63.8 Å². The van der Waals surface area contributed by atoms with Crippen molar-refractivity contribution in [3.8, 4) is 11.5 Å². The average molecular weight is 252 g/mol. The van der Waals surface area contributed by atoms with Crippen LogP contribution in [-0.2, 0) is 5.41 Å². The maximum Gasteiger partial charge on any atom is 0.262 e. The van der Waals surface area contributed by atoms with Gasteiger partial charge >= 0.3 is 0 Å². The van der Waals surface area contributed by atoms with Crippen LogP contribution < -0.4 is 5.32 Å². The summed E-state index contributed by atoms with van der Waals surface area (Å²) in [4.78, 5) is 4.44. The van der Waals surface area contributed by atoms with Crippen molar-refractivity contribution in [2.24, 2.45) is 0 Å². The highest BCUT2D eigenvalue weighted by molar-refractivity contribution is 7.10. The molecule has 0 aliphatic rings. The van der Waals surface area contributed by atoms with Gasteiger partial charge in [0.05, 0.1) is 11.3 Å². The molecule has 2 rings (SSSR count). The Morgan fingerprint density at radius 3 is 2.53 bits per heavy atom. The molecule has 0 bridgehead atoms. The monoisotopic (exact) mass is 252 g/mol. The van der Waals surface area contributed by atoms with E-state index in [4.69, 9.17) is 4.52 Å². The lowest BCUT2D eigenvalue weighted by Gasteiger charge is -2.10. The van der Waals surface area contributed by atoms with E-state index in [-0.39, 0.29) is 5.41 Å². The van der Waals surface area contributed by atoms with E-state index in [1.165, 1.54) is 11.5 Å². The molecule has 2 heterocycles. The number of nitrogens with zero attached hydrogens (tertiary/aromatic N) is 3. The van der Waals surface area contributed by atoms with Gasteiger partial charge in [0.15, 0.2) is 5.82 Å². The number of hydrogen-bond donors (Lipinski definition) is 1. The summed E-state index contributed by atoms with van der Waals surface area (Å²) in [5.74, 6) is 1.24. The fourth-order valence-electron chi connectivity index (χ4n) is 1.42. The van der Waals surface area contributed by atoms with Crippen molar-refractivity contribution in [3.05, 3.63) is 11.5 Å². The first-order chi connectivity index (χ1) is 7.93. The van der Waals surface area contributed by atoms with Gasteiger partial charge in [-0.3, -0.25) is 0 Å². The van der Waals surface area contributed by atoms with Gasteiger partial charge in [0.25, 0.3) is 5.89 Å². The second-order valence-electron chi connectivity index (χ2n) is 4.90. The number of rotatable bonds is 2. The quantitative estimate of drug-likeness (QED) is 0.890. The first-order valence-electron chi connectivity index (χ1n) is 5.42. The SMILES string of the molecule is CNc1snc(C)c1-c1nc(C(C)(C)C)no1. The molecule has 17 heavy (non-hydrogen) atoms. The zero-order valence-electron chi connectivity index (χ0n) is 10.7. The van der Waals surface area contributed by atoms with Crippen LogP contribution >= 0.6 is 11.5 Å².